The van der Waals surface area contributed by atoms with Crippen molar-refractivity contribution in [3.8, 4) is 33.8 Å². The zero-order valence-electron chi connectivity index (χ0n) is 33.7. The van der Waals surface area contributed by atoms with Crippen LogP contribution in [-0.4, -0.2) is 98.1 Å². The second-order valence-corrected chi connectivity index (χ2v) is 15.6. The van der Waals surface area contributed by atoms with E-state index in [9.17, 15) is 19.2 Å². The number of carbonyl (C=O) groups excluding carboxylic acids is 4. The van der Waals surface area contributed by atoms with Crippen LogP contribution in [-0.2, 0) is 19.1 Å². The number of likely N-dealkylation sites (tertiary alicyclic amines) is 2. The van der Waals surface area contributed by atoms with Crippen LogP contribution >= 0.6 is 0 Å². The van der Waals surface area contributed by atoms with Gasteiger partial charge in [-0.2, -0.15) is 0 Å². The number of benzene rings is 2. The van der Waals surface area contributed by atoms with Crippen LogP contribution in [0.1, 0.15) is 77.1 Å². The summed E-state index contributed by atoms with van der Waals surface area (Å²) in [6.45, 7) is 8.77. The normalized spacial score (nSPS) is 17.8. The fourth-order valence-corrected chi connectivity index (χ4v) is 7.97. The summed E-state index contributed by atoms with van der Waals surface area (Å²) in [5, 5.41) is 6.37. The molecule has 2 aromatic carbocycles. The Bertz CT molecular complexity index is 2280. The Morgan fingerprint density at radius 3 is 1.66 bits per heavy atom. The second-order valence-electron chi connectivity index (χ2n) is 15.6. The van der Waals surface area contributed by atoms with Crippen LogP contribution in [0.5, 0.6) is 0 Å². The molecule has 0 saturated carbocycles. The number of hydrogen-bond acceptors (Lipinski definition) is 9. The predicted molar refractivity (Wildman–Crippen MR) is 218 cm³/mol. The molecule has 0 aliphatic carbocycles. The molecule has 0 radical (unpaired) electrons. The van der Waals surface area contributed by atoms with Gasteiger partial charge in [-0.05, 0) is 61.3 Å². The molecule has 15 heteroatoms. The monoisotopic (exact) mass is 789 g/mol. The number of carbonyl (C=O) groups is 4. The Morgan fingerprint density at radius 2 is 1.16 bits per heavy atom. The lowest BCUT2D eigenvalue weighted by atomic mass is 10.0. The number of nitrogens with zero attached hydrogens (tertiary/aromatic N) is 5. The minimum absolute atomic E-state index is 0.109. The average Bonchev–Trinajstić information content (AvgIpc) is 4.07. The van der Waals surface area contributed by atoms with E-state index in [-0.39, 0.29) is 35.7 Å². The number of imidazole rings is 2. The van der Waals surface area contributed by atoms with Crippen molar-refractivity contribution in [2.24, 2.45) is 11.8 Å². The van der Waals surface area contributed by atoms with Gasteiger partial charge < -0.3 is 39.9 Å². The van der Waals surface area contributed by atoms with E-state index in [2.05, 4.69) is 37.7 Å². The molecule has 7 rings (SSSR count). The number of aromatic amines is 2. The zero-order valence-corrected chi connectivity index (χ0v) is 33.7. The molecule has 15 nitrogen and oxygen atoms in total. The summed E-state index contributed by atoms with van der Waals surface area (Å²) in [6, 6.07) is 16.5. The van der Waals surface area contributed by atoms with Crippen LogP contribution in [0.3, 0.4) is 0 Å². The molecule has 2 aliphatic rings. The van der Waals surface area contributed by atoms with Gasteiger partial charge in [-0.1, -0.05) is 64.1 Å². The third kappa shape index (κ3) is 8.25. The van der Waals surface area contributed by atoms with Gasteiger partial charge >= 0.3 is 12.2 Å². The van der Waals surface area contributed by atoms with Gasteiger partial charge in [-0.25, -0.2) is 24.5 Å². The molecule has 3 aromatic heterocycles. The van der Waals surface area contributed by atoms with Gasteiger partial charge in [0.2, 0.25) is 11.8 Å². The Hall–Kier alpha value is -6.25. The molecule has 304 valence electrons. The first-order chi connectivity index (χ1) is 27.9. The summed E-state index contributed by atoms with van der Waals surface area (Å²) < 4.78 is 9.52. The number of ether oxygens (including phenoxy) is 2. The highest BCUT2D eigenvalue weighted by Crippen LogP contribution is 2.35. The van der Waals surface area contributed by atoms with Crippen molar-refractivity contribution in [1.82, 2.24) is 45.4 Å². The highest BCUT2D eigenvalue weighted by atomic mass is 16.5. The van der Waals surface area contributed by atoms with E-state index in [1.54, 1.807) is 22.2 Å². The van der Waals surface area contributed by atoms with Crippen LogP contribution in [0.25, 0.3) is 44.7 Å². The number of fused-ring (bicyclic) bond motifs is 1. The largest absolute Gasteiger partial charge is 0.453 e. The van der Waals surface area contributed by atoms with Gasteiger partial charge in [0, 0.05) is 29.6 Å². The average molecular weight is 790 g/mol. The van der Waals surface area contributed by atoms with Crippen LogP contribution in [0, 0.1) is 11.8 Å². The van der Waals surface area contributed by atoms with E-state index in [1.807, 2.05) is 70.2 Å². The van der Waals surface area contributed by atoms with Crippen LogP contribution in [0.15, 0.2) is 67.0 Å². The first kappa shape index (κ1) is 40.0. The highest BCUT2D eigenvalue weighted by Gasteiger charge is 2.39. The maximum atomic E-state index is 13.6. The van der Waals surface area contributed by atoms with Crippen LogP contribution < -0.4 is 10.6 Å². The van der Waals surface area contributed by atoms with Crippen molar-refractivity contribution in [3.63, 3.8) is 0 Å². The van der Waals surface area contributed by atoms with Gasteiger partial charge in [0.15, 0.2) is 0 Å². The summed E-state index contributed by atoms with van der Waals surface area (Å²) in [4.78, 5) is 75.9. The molecule has 58 heavy (non-hydrogen) atoms. The van der Waals surface area contributed by atoms with Gasteiger partial charge in [0.1, 0.15) is 23.7 Å². The minimum atomic E-state index is -0.695. The van der Waals surface area contributed by atoms with Crippen molar-refractivity contribution in [2.45, 2.75) is 77.5 Å². The van der Waals surface area contributed by atoms with Crippen LogP contribution in [0.2, 0.25) is 0 Å². The molecule has 5 aromatic rings. The molecule has 2 saturated heterocycles. The van der Waals surface area contributed by atoms with E-state index in [0.717, 1.165) is 70.4 Å². The number of aromatic nitrogens is 5. The van der Waals surface area contributed by atoms with Crippen molar-refractivity contribution >= 4 is 34.9 Å². The Balaban J connectivity index is 1.02. The topological polar surface area (TPSA) is 188 Å². The number of alkyl carbamates (subject to hydrolysis) is 2. The van der Waals surface area contributed by atoms with Crippen molar-refractivity contribution < 1.29 is 28.7 Å². The lowest BCUT2D eigenvalue weighted by Crippen LogP contribution is -2.51. The van der Waals surface area contributed by atoms with E-state index >= 15 is 0 Å². The Labute approximate surface area is 337 Å². The standard InChI is InChI=1S/C43H51N9O6/c1-24(2)36(49-42(55)57-5)40(53)51-19-7-9-34(51)38-44-22-32(47-38)27-13-11-26(12-14-27)30-17-15-28-21-29(16-18-31(28)46-30)33-23-45-39(48-33)35-10-8-20-52(35)41(54)37(25(3)4)50-43(56)58-6/h11-18,21-25,34-37H,7-10,19-20H2,1-6H3,(H,44,47)(H,45,48)(H,49,55)(H,50,56)/t34-,35+,36-,37-/m0/s1. The fourth-order valence-electron chi connectivity index (χ4n) is 7.97. The lowest BCUT2D eigenvalue weighted by molar-refractivity contribution is -0.136. The van der Waals surface area contributed by atoms with Gasteiger partial charge in [-0.15, -0.1) is 0 Å². The molecule has 0 unspecified atom stereocenters. The number of rotatable bonds is 11. The number of hydrogen-bond donors (Lipinski definition) is 4. The van der Waals surface area contributed by atoms with Crippen molar-refractivity contribution in [1.29, 1.82) is 0 Å². The van der Waals surface area contributed by atoms with E-state index in [4.69, 9.17) is 19.4 Å². The Morgan fingerprint density at radius 1 is 0.672 bits per heavy atom. The van der Waals surface area contributed by atoms with E-state index in [0.29, 0.717) is 24.7 Å². The van der Waals surface area contributed by atoms with Crippen molar-refractivity contribution in [3.05, 3.63) is 78.6 Å². The SMILES string of the molecule is COC(=O)N[C@H](C(=O)N1CCC[C@@H]1c1ncc(-c2ccc3nc(-c4ccc(-c5cnc([C@@H]6CCCN6C(=O)[C@@H](NC(=O)OC)C(C)C)[nH]5)cc4)ccc3c2)[nH]1)C(C)C. The minimum Gasteiger partial charge on any atom is -0.453 e. The number of nitrogens with one attached hydrogen (secondary N) is 4. The van der Waals surface area contributed by atoms with Gasteiger partial charge in [0.25, 0.3) is 0 Å². The maximum absolute atomic E-state index is 13.6. The molecule has 4 atom stereocenters. The summed E-state index contributed by atoms with van der Waals surface area (Å²) >= 11 is 0. The summed E-state index contributed by atoms with van der Waals surface area (Å²) in [5.74, 6) is 0.918. The predicted octanol–water partition coefficient (Wildman–Crippen LogP) is 6.77. The quantitative estimate of drug-likeness (QED) is 0.112. The number of H-pyrrole nitrogens is 2. The van der Waals surface area contributed by atoms with Gasteiger partial charge in [0.05, 0.1) is 61.3 Å². The molecule has 4 N–H and O–H groups in total. The van der Waals surface area contributed by atoms with E-state index in [1.165, 1.54) is 14.2 Å². The van der Waals surface area contributed by atoms with Gasteiger partial charge in [-0.3, -0.25) is 9.59 Å². The molecular formula is C43H51N9O6. The second kappa shape index (κ2) is 17.1. The molecule has 2 aliphatic heterocycles. The summed E-state index contributed by atoms with van der Waals surface area (Å²) in [6.07, 6.45) is 5.57. The molecule has 0 spiro atoms. The zero-order chi connectivity index (χ0) is 41.1. The highest BCUT2D eigenvalue weighted by molar-refractivity contribution is 5.88. The first-order valence-corrected chi connectivity index (χ1v) is 19.9. The molecule has 5 heterocycles. The third-order valence-electron chi connectivity index (χ3n) is 11.2. The number of amides is 4. The smallest absolute Gasteiger partial charge is 0.407 e. The van der Waals surface area contributed by atoms with Crippen molar-refractivity contribution in [2.75, 3.05) is 27.3 Å². The third-order valence-corrected chi connectivity index (χ3v) is 11.2. The Kier molecular flexibility index (Phi) is 11.8. The number of pyridine rings is 1. The summed E-state index contributed by atoms with van der Waals surface area (Å²) in [5.41, 5.74) is 6.26. The number of methoxy groups -OCH3 is 2. The molecule has 2 fully saturated rings. The first-order valence-electron chi connectivity index (χ1n) is 19.9. The summed E-state index contributed by atoms with van der Waals surface area (Å²) in [7, 11) is 2.58. The molecule has 0 bridgehead atoms. The van der Waals surface area contributed by atoms with Crippen LogP contribution in [0.4, 0.5) is 9.59 Å². The van der Waals surface area contributed by atoms with E-state index < -0.39 is 24.3 Å². The maximum Gasteiger partial charge on any atom is 0.407 e. The lowest BCUT2D eigenvalue weighted by Gasteiger charge is -2.30. The fraction of sp³-hybridized carbons (Fsp3) is 0.419. The molecule has 4 amide bonds. The molecular weight excluding hydrogens is 739 g/mol.